The summed E-state index contributed by atoms with van der Waals surface area (Å²) >= 11 is 0.966. The molecule has 1 aromatic carbocycles. The Hall–Kier alpha value is -1.29. The summed E-state index contributed by atoms with van der Waals surface area (Å²) in [5.74, 6) is -0.400. The molecule has 74 valence electrons. The topological polar surface area (TPSA) is 60.2 Å². The van der Waals surface area contributed by atoms with Crippen LogP contribution in [0.15, 0.2) is 30.3 Å². The van der Waals surface area contributed by atoms with Crippen molar-refractivity contribution in [2.24, 2.45) is 5.73 Å². The van der Waals surface area contributed by atoms with Crippen molar-refractivity contribution in [1.82, 2.24) is 0 Å². The molecule has 0 saturated heterocycles. The van der Waals surface area contributed by atoms with Gasteiger partial charge >= 0.3 is 0 Å². The van der Waals surface area contributed by atoms with Crippen LogP contribution in [0.4, 0.5) is 0 Å². The number of carbonyl (C=O) groups excluding carboxylic acids is 2. The van der Waals surface area contributed by atoms with Crippen LogP contribution in [0.25, 0.3) is 0 Å². The van der Waals surface area contributed by atoms with Gasteiger partial charge in [-0.15, -0.1) is 0 Å². The molecule has 0 unspecified atom stereocenters. The molecule has 1 amide bonds. The van der Waals surface area contributed by atoms with E-state index in [1.54, 1.807) is 0 Å². The number of nitrogens with two attached hydrogens (primary N) is 1. The summed E-state index contributed by atoms with van der Waals surface area (Å²) in [6, 6.07) is 9.40. The van der Waals surface area contributed by atoms with Gasteiger partial charge in [-0.1, -0.05) is 42.1 Å². The number of rotatable bonds is 4. The van der Waals surface area contributed by atoms with Gasteiger partial charge in [0, 0.05) is 6.42 Å². The molecule has 0 aliphatic heterocycles. The number of benzene rings is 1. The van der Waals surface area contributed by atoms with Crippen LogP contribution in [-0.4, -0.2) is 16.8 Å². The molecule has 0 saturated carbocycles. The minimum Gasteiger partial charge on any atom is -0.369 e. The van der Waals surface area contributed by atoms with Crippen molar-refractivity contribution < 1.29 is 9.59 Å². The monoisotopic (exact) mass is 209 g/mol. The molecule has 2 N–H and O–H groups in total. The van der Waals surface area contributed by atoms with Gasteiger partial charge in [-0.2, -0.15) is 0 Å². The van der Waals surface area contributed by atoms with Crippen molar-refractivity contribution in [2.45, 2.75) is 6.42 Å². The zero-order chi connectivity index (χ0) is 10.4. The van der Waals surface area contributed by atoms with E-state index in [0.717, 1.165) is 17.3 Å². The van der Waals surface area contributed by atoms with Gasteiger partial charge in [-0.25, -0.2) is 0 Å². The largest absolute Gasteiger partial charge is 0.369 e. The fourth-order valence-corrected chi connectivity index (χ4v) is 1.54. The second-order valence-corrected chi connectivity index (χ2v) is 3.82. The SMILES string of the molecule is NC(=O)CSC(=O)Cc1ccccc1. The van der Waals surface area contributed by atoms with Gasteiger partial charge in [0.15, 0.2) is 5.12 Å². The van der Waals surface area contributed by atoms with Crippen LogP contribution in [-0.2, 0) is 16.0 Å². The molecule has 0 aliphatic rings. The molecule has 0 heterocycles. The number of primary amides is 1. The van der Waals surface area contributed by atoms with E-state index in [0.29, 0.717) is 6.42 Å². The Kier molecular flexibility index (Phi) is 4.19. The Bertz CT molecular complexity index is 324. The molecule has 0 atom stereocenters. The molecule has 0 bridgehead atoms. The molecule has 14 heavy (non-hydrogen) atoms. The van der Waals surface area contributed by atoms with Crippen LogP contribution in [0.2, 0.25) is 0 Å². The van der Waals surface area contributed by atoms with Crippen molar-refractivity contribution in [3.63, 3.8) is 0 Å². The minimum atomic E-state index is -0.462. The highest BCUT2D eigenvalue weighted by atomic mass is 32.2. The third kappa shape index (κ3) is 4.09. The first kappa shape index (κ1) is 10.8. The molecule has 0 aliphatic carbocycles. The van der Waals surface area contributed by atoms with E-state index >= 15 is 0 Å². The fraction of sp³-hybridized carbons (Fsp3) is 0.200. The summed E-state index contributed by atoms with van der Waals surface area (Å²) < 4.78 is 0. The van der Waals surface area contributed by atoms with E-state index < -0.39 is 5.91 Å². The first-order valence-electron chi connectivity index (χ1n) is 4.16. The van der Waals surface area contributed by atoms with Crippen molar-refractivity contribution in [3.8, 4) is 0 Å². The second-order valence-electron chi connectivity index (χ2n) is 2.79. The van der Waals surface area contributed by atoms with Crippen molar-refractivity contribution in [1.29, 1.82) is 0 Å². The standard InChI is InChI=1S/C10H11NO2S/c11-9(12)7-14-10(13)6-8-4-2-1-3-5-8/h1-5H,6-7H2,(H2,11,12). The van der Waals surface area contributed by atoms with Crippen LogP contribution in [0.1, 0.15) is 5.56 Å². The van der Waals surface area contributed by atoms with Gasteiger partial charge in [0.05, 0.1) is 5.75 Å². The van der Waals surface area contributed by atoms with Crippen LogP contribution in [0.5, 0.6) is 0 Å². The summed E-state index contributed by atoms with van der Waals surface area (Å²) in [4.78, 5) is 21.7. The molecule has 0 aromatic heterocycles. The highest BCUT2D eigenvalue weighted by molar-refractivity contribution is 8.14. The molecule has 1 aromatic rings. The molecule has 0 radical (unpaired) electrons. The van der Waals surface area contributed by atoms with E-state index in [4.69, 9.17) is 5.73 Å². The normalized spacial score (nSPS) is 9.71. The predicted molar refractivity (Wildman–Crippen MR) is 56.8 cm³/mol. The van der Waals surface area contributed by atoms with Gasteiger partial charge in [-0.05, 0) is 5.56 Å². The number of carbonyl (C=O) groups is 2. The predicted octanol–water partition coefficient (Wildman–Crippen LogP) is 0.974. The van der Waals surface area contributed by atoms with Gasteiger partial charge in [0.25, 0.3) is 0 Å². The van der Waals surface area contributed by atoms with E-state index in [1.165, 1.54) is 0 Å². The average molecular weight is 209 g/mol. The zero-order valence-electron chi connectivity index (χ0n) is 7.60. The van der Waals surface area contributed by atoms with E-state index in [9.17, 15) is 9.59 Å². The second kappa shape index (κ2) is 5.44. The third-order valence-electron chi connectivity index (χ3n) is 1.57. The Morgan fingerprint density at radius 3 is 2.43 bits per heavy atom. The first-order chi connectivity index (χ1) is 6.68. The van der Waals surface area contributed by atoms with Crippen molar-refractivity contribution in [2.75, 3.05) is 5.75 Å². The Morgan fingerprint density at radius 2 is 1.86 bits per heavy atom. The molecule has 3 nitrogen and oxygen atoms in total. The summed E-state index contributed by atoms with van der Waals surface area (Å²) in [7, 11) is 0. The number of thioether (sulfide) groups is 1. The van der Waals surface area contributed by atoms with Crippen LogP contribution < -0.4 is 5.73 Å². The van der Waals surface area contributed by atoms with Gasteiger partial charge in [-0.3, -0.25) is 9.59 Å². The smallest absolute Gasteiger partial charge is 0.227 e. The molecular weight excluding hydrogens is 198 g/mol. The summed E-state index contributed by atoms with van der Waals surface area (Å²) in [6.07, 6.45) is 0.346. The Balaban J connectivity index is 2.38. The molecule has 0 spiro atoms. The molecular formula is C10H11NO2S. The molecule has 1 rings (SSSR count). The number of hydrogen-bond donors (Lipinski definition) is 1. The summed E-state index contributed by atoms with van der Waals surface area (Å²) in [6.45, 7) is 0. The zero-order valence-corrected chi connectivity index (χ0v) is 8.42. The molecule has 4 heteroatoms. The lowest BCUT2D eigenvalue weighted by Crippen LogP contribution is -2.15. The highest BCUT2D eigenvalue weighted by Gasteiger charge is 2.05. The van der Waals surface area contributed by atoms with Gasteiger partial charge < -0.3 is 5.73 Å². The fourth-order valence-electron chi connectivity index (χ4n) is 0.965. The lowest BCUT2D eigenvalue weighted by Gasteiger charge is -1.98. The summed E-state index contributed by atoms with van der Waals surface area (Å²) in [5, 5.41) is -0.0324. The minimum absolute atomic E-state index is 0.0324. The van der Waals surface area contributed by atoms with E-state index in [-0.39, 0.29) is 10.9 Å². The number of amides is 1. The quantitative estimate of drug-likeness (QED) is 0.804. The molecule has 0 fully saturated rings. The van der Waals surface area contributed by atoms with Gasteiger partial charge in [0.1, 0.15) is 0 Å². The van der Waals surface area contributed by atoms with E-state index in [1.807, 2.05) is 30.3 Å². The van der Waals surface area contributed by atoms with Crippen LogP contribution >= 0.6 is 11.8 Å². The maximum Gasteiger partial charge on any atom is 0.227 e. The average Bonchev–Trinajstić information content (AvgIpc) is 2.16. The Labute approximate surface area is 86.7 Å². The van der Waals surface area contributed by atoms with Crippen molar-refractivity contribution in [3.05, 3.63) is 35.9 Å². The number of hydrogen-bond acceptors (Lipinski definition) is 3. The lowest BCUT2D eigenvalue weighted by molar-refractivity contribution is -0.116. The summed E-state index contributed by atoms with van der Waals surface area (Å²) in [5.41, 5.74) is 5.88. The van der Waals surface area contributed by atoms with Gasteiger partial charge in [0.2, 0.25) is 5.91 Å². The first-order valence-corrected chi connectivity index (χ1v) is 5.15. The Morgan fingerprint density at radius 1 is 1.21 bits per heavy atom. The highest BCUT2D eigenvalue weighted by Crippen LogP contribution is 2.08. The van der Waals surface area contributed by atoms with Crippen molar-refractivity contribution >= 4 is 22.8 Å². The van der Waals surface area contributed by atoms with Crippen LogP contribution in [0, 0.1) is 0 Å². The van der Waals surface area contributed by atoms with E-state index in [2.05, 4.69) is 0 Å². The van der Waals surface area contributed by atoms with Crippen LogP contribution in [0.3, 0.4) is 0 Å². The third-order valence-corrected chi connectivity index (χ3v) is 2.46. The maximum absolute atomic E-state index is 11.3. The maximum atomic E-state index is 11.3. The lowest BCUT2D eigenvalue weighted by atomic mass is 10.2.